The number of benzene rings is 2. The Morgan fingerprint density at radius 1 is 1.04 bits per heavy atom. The third kappa shape index (κ3) is 3.65. The van der Waals surface area contributed by atoms with Crippen LogP contribution in [0.25, 0.3) is 0 Å². The number of hydrogen-bond donors (Lipinski definition) is 1. The third-order valence-electron chi connectivity index (χ3n) is 4.27. The van der Waals surface area contributed by atoms with Gasteiger partial charge in [-0.3, -0.25) is 0 Å². The summed E-state index contributed by atoms with van der Waals surface area (Å²) in [6, 6.07) is 13.6. The monoisotopic (exact) mass is 343 g/mol. The van der Waals surface area contributed by atoms with Crippen LogP contribution in [0.3, 0.4) is 0 Å². The molecule has 0 amide bonds. The summed E-state index contributed by atoms with van der Waals surface area (Å²) in [6.07, 6.45) is -0.569. The van der Waals surface area contributed by atoms with Gasteiger partial charge in [0.15, 0.2) is 11.5 Å². The van der Waals surface area contributed by atoms with E-state index in [4.69, 9.17) is 18.9 Å². The van der Waals surface area contributed by atoms with Crippen molar-refractivity contribution in [1.29, 1.82) is 0 Å². The molecule has 0 aromatic heterocycles. The fourth-order valence-corrected chi connectivity index (χ4v) is 3.07. The number of fused-ring (bicyclic) bond motifs is 2. The second-order valence-electron chi connectivity index (χ2n) is 6.12. The maximum absolute atomic E-state index is 10.3. The van der Waals surface area contributed by atoms with Crippen LogP contribution in [0.2, 0.25) is 0 Å². The molecule has 6 heteroatoms. The van der Waals surface area contributed by atoms with Crippen LogP contribution in [-0.4, -0.2) is 44.3 Å². The van der Waals surface area contributed by atoms with Crippen molar-refractivity contribution in [2.24, 2.45) is 0 Å². The summed E-state index contributed by atoms with van der Waals surface area (Å²) < 4.78 is 21.9. The van der Waals surface area contributed by atoms with E-state index >= 15 is 0 Å². The van der Waals surface area contributed by atoms with Crippen molar-refractivity contribution < 1.29 is 24.1 Å². The predicted molar refractivity (Wildman–Crippen MR) is 92.4 cm³/mol. The molecule has 2 aromatic rings. The van der Waals surface area contributed by atoms with E-state index in [1.54, 1.807) is 0 Å². The van der Waals surface area contributed by atoms with Crippen LogP contribution in [0.4, 0.5) is 5.69 Å². The van der Waals surface area contributed by atoms with Gasteiger partial charge in [-0.05, 0) is 29.8 Å². The van der Waals surface area contributed by atoms with Crippen molar-refractivity contribution >= 4 is 5.69 Å². The summed E-state index contributed by atoms with van der Waals surface area (Å²) in [6.45, 7) is 2.86. The number of anilines is 1. The summed E-state index contributed by atoms with van der Waals surface area (Å²) >= 11 is 0. The first kappa shape index (κ1) is 16.1. The van der Waals surface area contributed by atoms with E-state index < -0.39 is 6.10 Å². The first-order chi connectivity index (χ1) is 12.3. The average Bonchev–Trinajstić information content (AvgIpc) is 3.10. The fraction of sp³-hybridized carbons (Fsp3) is 0.368. The lowest BCUT2D eigenvalue weighted by Crippen LogP contribution is -2.39. The molecule has 6 nitrogen and oxygen atoms in total. The molecule has 1 atom stereocenters. The molecule has 0 spiro atoms. The van der Waals surface area contributed by atoms with Gasteiger partial charge in [-0.1, -0.05) is 18.2 Å². The minimum absolute atomic E-state index is 0.263. The molecule has 2 aromatic carbocycles. The lowest BCUT2D eigenvalue weighted by atomic mass is 10.2. The molecule has 25 heavy (non-hydrogen) atoms. The quantitative estimate of drug-likeness (QED) is 0.868. The molecular weight excluding hydrogens is 322 g/mol. The van der Waals surface area contributed by atoms with Crippen LogP contribution in [-0.2, 0) is 11.3 Å². The summed E-state index contributed by atoms with van der Waals surface area (Å²) in [5, 5.41) is 10.3. The zero-order valence-corrected chi connectivity index (χ0v) is 13.9. The molecule has 2 aliphatic rings. The Labute approximate surface area is 146 Å². The normalized spacial score (nSPS) is 16.3. The Bertz CT molecular complexity index is 736. The highest BCUT2D eigenvalue weighted by atomic mass is 16.7. The summed E-state index contributed by atoms with van der Waals surface area (Å²) in [4.78, 5) is 2.13. The van der Waals surface area contributed by atoms with E-state index in [-0.39, 0.29) is 13.4 Å². The van der Waals surface area contributed by atoms with Crippen LogP contribution in [0.1, 0.15) is 5.56 Å². The number of hydrogen-bond acceptors (Lipinski definition) is 6. The molecule has 0 saturated carbocycles. The van der Waals surface area contributed by atoms with Gasteiger partial charge in [0, 0.05) is 6.54 Å². The van der Waals surface area contributed by atoms with Gasteiger partial charge in [-0.15, -0.1) is 0 Å². The van der Waals surface area contributed by atoms with Crippen LogP contribution < -0.4 is 19.1 Å². The molecular formula is C19H21NO5. The third-order valence-corrected chi connectivity index (χ3v) is 4.27. The van der Waals surface area contributed by atoms with Crippen molar-refractivity contribution in [2.45, 2.75) is 12.7 Å². The molecule has 4 rings (SSSR count). The van der Waals surface area contributed by atoms with Crippen molar-refractivity contribution in [1.82, 2.24) is 0 Å². The number of aliphatic hydroxyl groups is 1. The molecule has 2 heterocycles. The Balaban J connectivity index is 1.28. The van der Waals surface area contributed by atoms with Gasteiger partial charge in [-0.25, -0.2) is 0 Å². The minimum atomic E-state index is -0.569. The van der Waals surface area contributed by atoms with E-state index in [1.165, 1.54) is 0 Å². The molecule has 0 fully saturated rings. The number of para-hydroxylation sites is 2. The van der Waals surface area contributed by atoms with Gasteiger partial charge >= 0.3 is 0 Å². The molecule has 0 aliphatic carbocycles. The fourth-order valence-electron chi connectivity index (χ4n) is 3.07. The lowest BCUT2D eigenvalue weighted by molar-refractivity contribution is 0.0314. The second-order valence-corrected chi connectivity index (χ2v) is 6.12. The van der Waals surface area contributed by atoms with Crippen molar-refractivity contribution in [3.05, 3.63) is 48.0 Å². The molecule has 132 valence electrons. The highest BCUT2D eigenvalue weighted by molar-refractivity contribution is 5.59. The van der Waals surface area contributed by atoms with E-state index in [0.717, 1.165) is 35.0 Å². The Morgan fingerprint density at radius 3 is 2.88 bits per heavy atom. The molecule has 0 bridgehead atoms. The summed E-state index contributed by atoms with van der Waals surface area (Å²) in [5.41, 5.74) is 2.01. The largest absolute Gasteiger partial charge is 0.490 e. The SMILES string of the molecule is OC(COCc1ccc2c(c1)OCO2)CN1CCOc2ccccc21. The number of ether oxygens (including phenoxy) is 4. The first-order valence-electron chi connectivity index (χ1n) is 8.41. The van der Waals surface area contributed by atoms with E-state index in [0.29, 0.717) is 19.8 Å². The van der Waals surface area contributed by atoms with Gasteiger partial charge < -0.3 is 29.0 Å². The Hall–Kier alpha value is -2.44. The first-order valence-corrected chi connectivity index (χ1v) is 8.41. The molecule has 1 N–H and O–H groups in total. The van der Waals surface area contributed by atoms with E-state index in [2.05, 4.69) is 4.90 Å². The number of nitrogens with zero attached hydrogens (tertiary/aromatic N) is 1. The number of aliphatic hydroxyl groups excluding tert-OH is 1. The smallest absolute Gasteiger partial charge is 0.231 e. The highest BCUT2D eigenvalue weighted by Gasteiger charge is 2.20. The second kappa shape index (κ2) is 7.21. The maximum Gasteiger partial charge on any atom is 0.231 e. The minimum Gasteiger partial charge on any atom is -0.490 e. The number of rotatable bonds is 6. The van der Waals surface area contributed by atoms with Crippen molar-refractivity contribution in [3.8, 4) is 17.2 Å². The predicted octanol–water partition coefficient (Wildman–Crippen LogP) is 2.19. The maximum atomic E-state index is 10.3. The van der Waals surface area contributed by atoms with Gasteiger partial charge in [0.25, 0.3) is 0 Å². The number of β-amino-alcohol motifs (C(OH)–C–C–N with tert-alkyl or cyclic N) is 1. The summed E-state index contributed by atoms with van der Waals surface area (Å²) in [7, 11) is 0. The lowest BCUT2D eigenvalue weighted by Gasteiger charge is -2.32. The van der Waals surface area contributed by atoms with Crippen molar-refractivity contribution in [2.75, 3.05) is 38.0 Å². The van der Waals surface area contributed by atoms with Gasteiger partial charge in [0.1, 0.15) is 12.4 Å². The molecule has 0 saturated heterocycles. The standard InChI is InChI=1S/C19H21NO5/c21-15(10-20-7-8-23-17-4-2-1-3-16(17)20)12-22-11-14-5-6-18-19(9-14)25-13-24-18/h1-6,9,15,21H,7-8,10-13H2. The molecule has 0 radical (unpaired) electrons. The van der Waals surface area contributed by atoms with Crippen molar-refractivity contribution in [3.63, 3.8) is 0 Å². The van der Waals surface area contributed by atoms with Crippen LogP contribution in [0, 0.1) is 0 Å². The van der Waals surface area contributed by atoms with Gasteiger partial charge in [-0.2, -0.15) is 0 Å². The van der Waals surface area contributed by atoms with E-state index in [9.17, 15) is 5.11 Å². The zero-order chi connectivity index (χ0) is 17.1. The zero-order valence-electron chi connectivity index (χ0n) is 13.9. The van der Waals surface area contributed by atoms with Gasteiger partial charge in [0.05, 0.1) is 31.5 Å². The summed E-state index contributed by atoms with van der Waals surface area (Å²) in [5.74, 6) is 2.36. The molecule has 1 unspecified atom stereocenters. The average molecular weight is 343 g/mol. The van der Waals surface area contributed by atoms with Gasteiger partial charge in [0.2, 0.25) is 6.79 Å². The Kier molecular flexibility index (Phi) is 4.63. The highest BCUT2D eigenvalue weighted by Crippen LogP contribution is 2.33. The molecule has 2 aliphatic heterocycles. The van der Waals surface area contributed by atoms with E-state index in [1.807, 2.05) is 42.5 Å². The van der Waals surface area contributed by atoms with Crippen LogP contribution in [0.5, 0.6) is 17.2 Å². The topological polar surface area (TPSA) is 60.4 Å². The Morgan fingerprint density at radius 2 is 1.92 bits per heavy atom. The van der Waals surface area contributed by atoms with Crippen LogP contribution >= 0.6 is 0 Å². The van der Waals surface area contributed by atoms with Crippen LogP contribution in [0.15, 0.2) is 42.5 Å².